The van der Waals surface area contributed by atoms with E-state index in [1.165, 1.54) is 0 Å². The van der Waals surface area contributed by atoms with E-state index in [0.29, 0.717) is 16.7 Å². The first-order valence-electron chi connectivity index (χ1n) is 5.59. The molecule has 0 radical (unpaired) electrons. The number of nitrogens with two attached hydrogens (primary N) is 1. The van der Waals surface area contributed by atoms with E-state index in [4.69, 9.17) is 5.73 Å². The lowest BCUT2D eigenvalue weighted by Crippen LogP contribution is -2.13. The molecule has 0 aliphatic rings. The molecule has 3 N–H and O–H groups in total. The first-order valence-corrected chi connectivity index (χ1v) is 7.86. The van der Waals surface area contributed by atoms with Crippen molar-refractivity contribution in [1.29, 1.82) is 0 Å². The Balaban J connectivity index is 2.31. The minimum atomic E-state index is -3.58. The monoisotopic (exact) mass is 340 g/mol. The molecule has 2 aromatic carbocycles. The highest BCUT2D eigenvalue weighted by Gasteiger charge is 2.14. The van der Waals surface area contributed by atoms with Crippen LogP contribution >= 0.6 is 15.9 Å². The highest BCUT2D eigenvalue weighted by atomic mass is 79.9. The van der Waals surface area contributed by atoms with E-state index in [9.17, 15) is 8.42 Å². The van der Waals surface area contributed by atoms with Gasteiger partial charge in [0.15, 0.2) is 0 Å². The molecule has 100 valence electrons. The van der Waals surface area contributed by atoms with Crippen LogP contribution < -0.4 is 10.5 Å². The first kappa shape index (κ1) is 14.0. The summed E-state index contributed by atoms with van der Waals surface area (Å²) in [6.45, 7) is 0.368. The number of sulfonamides is 1. The van der Waals surface area contributed by atoms with Gasteiger partial charge in [-0.15, -0.1) is 0 Å². The van der Waals surface area contributed by atoms with Crippen LogP contribution in [0.4, 0.5) is 5.69 Å². The summed E-state index contributed by atoms with van der Waals surface area (Å²) in [6, 6.07) is 13.6. The predicted molar refractivity (Wildman–Crippen MR) is 79.3 cm³/mol. The number of benzene rings is 2. The molecule has 6 heteroatoms. The highest BCUT2D eigenvalue weighted by Crippen LogP contribution is 2.20. The van der Waals surface area contributed by atoms with Crippen LogP contribution in [0.5, 0.6) is 0 Å². The Hall–Kier alpha value is -1.37. The van der Waals surface area contributed by atoms with Crippen molar-refractivity contribution >= 4 is 31.6 Å². The molecule has 0 aromatic heterocycles. The summed E-state index contributed by atoms with van der Waals surface area (Å²) in [5.41, 5.74) is 6.90. The van der Waals surface area contributed by atoms with Crippen molar-refractivity contribution in [3.05, 3.63) is 58.6 Å². The second-order valence-corrected chi connectivity index (χ2v) is 6.57. The first-order chi connectivity index (χ1) is 9.01. The average molecular weight is 341 g/mol. The largest absolute Gasteiger partial charge is 0.326 e. The standard InChI is InChI=1S/C13H13BrN2O2S/c14-11-4-2-6-13(8-11)19(17,18)16-12-5-1-3-10(7-12)9-15/h1-8,16H,9,15H2. The number of rotatable bonds is 4. The normalized spacial score (nSPS) is 11.3. The Kier molecular flexibility index (Phi) is 4.24. The fourth-order valence-corrected chi connectivity index (χ4v) is 3.26. The Morgan fingerprint density at radius 3 is 2.53 bits per heavy atom. The lowest BCUT2D eigenvalue weighted by Gasteiger charge is -2.09. The summed E-state index contributed by atoms with van der Waals surface area (Å²) in [7, 11) is -3.58. The van der Waals surface area contributed by atoms with Crippen molar-refractivity contribution in [2.24, 2.45) is 5.73 Å². The van der Waals surface area contributed by atoms with E-state index < -0.39 is 10.0 Å². The number of hydrogen-bond acceptors (Lipinski definition) is 3. The van der Waals surface area contributed by atoms with Crippen molar-refractivity contribution in [2.75, 3.05) is 4.72 Å². The summed E-state index contributed by atoms with van der Waals surface area (Å²) in [5.74, 6) is 0. The molecule has 0 amide bonds. The van der Waals surface area contributed by atoms with Gasteiger partial charge >= 0.3 is 0 Å². The van der Waals surface area contributed by atoms with E-state index in [1.54, 1.807) is 42.5 Å². The molecule has 2 aromatic rings. The maximum atomic E-state index is 12.2. The summed E-state index contributed by atoms with van der Waals surface area (Å²) in [6.07, 6.45) is 0. The molecule has 0 saturated heterocycles. The van der Waals surface area contributed by atoms with Gasteiger partial charge in [0.25, 0.3) is 10.0 Å². The smallest absolute Gasteiger partial charge is 0.261 e. The van der Waals surface area contributed by atoms with Crippen LogP contribution in [-0.4, -0.2) is 8.42 Å². The zero-order valence-electron chi connectivity index (χ0n) is 10.0. The summed E-state index contributed by atoms with van der Waals surface area (Å²) in [5, 5.41) is 0. The zero-order chi connectivity index (χ0) is 13.9. The molecule has 0 saturated carbocycles. The Morgan fingerprint density at radius 2 is 1.84 bits per heavy atom. The fraction of sp³-hybridized carbons (Fsp3) is 0.0769. The van der Waals surface area contributed by atoms with E-state index in [2.05, 4.69) is 20.7 Å². The molecular weight excluding hydrogens is 328 g/mol. The maximum absolute atomic E-state index is 12.2. The van der Waals surface area contributed by atoms with Gasteiger partial charge in [-0.3, -0.25) is 4.72 Å². The lowest BCUT2D eigenvalue weighted by molar-refractivity contribution is 0.601. The van der Waals surface area contributed by atoms with E-state index in [0.717, 1.165) is 5.56 Å². The predicted octanol–water partition coefficient (Wildman–Crippen LogP) is 2.71. The quantitative estimate of drug-likeness (QED) is 0.898. The topological polar surface area (TPSA) is 72.2 Å². The van der Waals surface area contributed by atoms with Crippen molar-refractivity contribution in [3.63, 3.8) is 0 Å². The molecule has 0 spiro atoms. The van der Waals surface area contributed by atoms with Gasteiger partial charge in [-0.2, -0.15) is 0 Å². The van der Waals surface area contributed by atoms with Crippen molar-refractivity contribution in [3.8, 4) is 0 Å². The summed E-state index contributed by atoms with van der Waals surface area (Å²) >= 11 is 3.25. The third kappa shape index (κ3) is 3.56. The Morgan fingerprint density at radius 1 is 1.11 bits per heavy atom. The number of hydrogen-bond donors (Lipinski definition) is 2. The molecule has 0 fully saturated rings. The second-order valence-electron chi connectivity index (χ2n) is 3.97. The molecule has 0 aliphatic carbocycles. The fourth-order valence-electron chi connectivity index (χ4n) is 1.61. The minimum absolute atomic E-state index is 0.208. The van der Waals surface area contributed by atoms with Gasteiger partial charge in [-0.1, -0.05) is 34.1 Å². The Labute approximate surface area is 120 Å². The zero-order valence-corrected chi connectivity index (χ0v) is 12.4. The number of nitrogens with one attached hydrogen (secondary N) is 1. The minimum Gasteiger partial charge on any atom is -0.326 e. The SMILES string of the molecule is NCc1cccc(NS(=O)(=O)c2cccc(Br)c2)c1. The maximum Gasteiger partial charge on any atom is 0.261 e. The van der Waals surface area contributed by atoms with Gasteiger partial charge in [0.1, 0.15) is 0 Å². The lowest BCUT2D eigenvalue weighted by atomic mass is 10.2. The summed E-state index contributed by atoms with van der Waals surface area (Å²) in [4.78, 5) is 0.208. The molecule has 2 rings (SSSR count). The van der Waals surface area contributed by atoms with Gasteiger partial charge in [0.05, 0.1) is 4.90 Å². The number of halogens is 1. The number of anilines is 1. The molecule has 0 heterocycles. The molecule has 0 unspecified atom stereocenters. The van der Waals surface area contributed by atoms with Crippen LogP contribution in [-0.2, 0) is 16.6 Å². The van der Waals surface area contributed by atoms with Crippen molar-refractivity contribution < 1.29 is 8.42 Å². The van der Waals surface area contributed by atoms with Crippen molar-refractivity contribution in [1.82, 2.24) is 0 Å². The van der Waals surface area contributed by atoms with Gasteiger partial charge in [0, 0.05) is 16.7 Å². The third-order valence-corrected chi connectivity index (χ3v) is 4.39. The molecule has 4 nitrogen and oxygen atoms in total. The molecule has 0 bridgehead atoms. The second kappa shape index (κ2) is 5.73. The van der Waals surface area contributed by atoms with Crippen LogP contribution in [0.25, 0.3) is 0 Å². The summed E-state index contributed by atoms with van der Waals surface area (Å²) < 4.78 is 27.6. The Bertz CT molecular complexity index is 687. The van der Waals surface area contributed by atoms with Crippen LogP contribution in [0.1, 0.15) is 5.56 Å². The van der Waals surface area contributed by atoms with Crippen LogP contribution in [0.15, 0.2) is 57.9 Å². The third-order valence-electron chi connectivity index (χ3n) is 2.52. The highest BCUT2D eigenvalue weighted by molar-refractivity contribution is 9.10. The van der Waals surface area contributed by atoms with Crippen molar-refractivity contribution in [2.45, 2.75) is 11.4 Å². The molecular formula is C13H13BrN2O2S. The van der Waals surface area contributed by atoms with Gasteiger partial charge in [0.2, 0.25) is 0 Å². The molecule has 19 heavy (non-hydrogen) atoms. The van der Waals surface area contributed by atoms with Gasteiger partial charge in [-0.25, -0.2) is 8.42 Å². The molecule has 0 atom stereocenters. The molecule has 0 aliphatic heterocycles. The van der Waals surface area contributed by atoms with E-state index in [1.807, 2.05) is 6.07 Å². The van der Waals surface area contributed by atoms with E-state index >= 15 is 0 Å². The van der Waals surface area contributed by atoms with E-state index in [-0.39, 0.29) is 4.90 Å². The van der Waals surface area contributed by atoms with Crippen LogP contribution in [0.2, 0.25) is 0 Å². The average Bonchev–Trinajstić information content (AvgIpc) is 2.38. The van der Waals surface area contributed by atoms with Gasteiger partial charge < -0.3 is 5.73 Å². The van der Waals surface area contributed by atoms with Gasteiger partial charge in [-0.05, 0) is 35.9 Å². The van der Waals surface area contributed by atoms with Crippen LogP contribution in [0.3, 0.4) is 0 Å². The van der Waals surface area contributed by atoms with Crippen LogP contribution in [0, 0.1) is 0 Å².